The van der Waals surface area contributed by atoms with E-state index < -0.39 is 103 Å². The molecule has 0 spiro atoms. The maximum Gasteiger partial charge on any atom is 0.408 e. The molecule has 6 rings (SSSR count). The molecular weight excluding hydrogens is 1200 g/mol. The summed E-state index contributed by atoms with van der Waals surface area (Å²) in [6.45, 7) is 12.2. The fourth-order valence-corrected chi connectivity index (χ4v) is 12.8. The molecule has 0 bridgehead atoms. The van der Waals surface area contributed by atoms with Crippen LogP contribution >= 0.6 is 0 Å². The first-order valence-electron chi connectivity index (χ1n) is 30.2. The van der Waals surface area contributed by atoms with E-state index in [1.165, 1.54) is 62.8 Å². The number of benzene rings is 2. The Balaban J connectivity index is 0.000000328. The van der Waals surface area contributed by atoms with Gasteiger partial charge in [0.15, 0.2) is 0 Å². The fraction of sp³-hybridized carbons (Fsp3) is 0.590. The number of nitrogens with two attached hydrogens (primary N) is 1. The van der Waals surface area contributed by atoms with E-state index in [9.17, 15) is 60.0 Å². The fourth-order valence-electron chi connectivity index (χ4n) is 10.4. The number of hydrogen-bond donors (Lipinski definition) is 8. The second kappa shape index (κ2) is 33.3. The van der Waals surface area contributed by atoms with Gasteiger partial charge in [0.2, 0.25) is 11.8 Å². The largest absolute Gasteiger partial charge is 0.467 e. The number of nitrogens with one attached hydrogen (secondary N) is 7. The van der Waals surface area contributed by atoms with Crippen LogP contribution in [-0.2, 0) is 72.5 Å². The van der Waals surface area contributed by atoms with Crippen molar-refractivity contribution in [1.29, 1.82) is 0 Å². The summed E-state index contributed by atoms with van der Waals surface area (Å²) in [6, 6.07) is 9.82. The Morgan fingerprint density at radius 2 is 0.989 bits per heavy atom. The van der Waals surface area contributed by atoms with E-state index in [1.807, 2.05) is 9.44 Å². The summed E-state index contributed by atoms with van der Waals surface area (Å²) < 4.78 is 82.1. The first kappa shape index (κ1) is 72.2. The lowest BCUT2D eigenvalue weighted by Gasteiger charge is -2.23. The first-order chi connectivity index (χ1) is 42.1. The van der Waals surface area contributed by atoms with Gasteiger partial charge in [-0.3, -0.25) is 19.2 Å². The van der Waals surface area contributed by atoms with E-state index in [0.717, 1.165) is 51.4 Å². The molecule has 0 aromatic heterocycles. The van der Waals surface area contributed by atoms with Gasteiger partial charge in [-0.25, -0.2) is 50.3 Å². The van der Waals surface area contributed by atoms with Gasteiger partial charge in [-0.15, -0.1) is 13.2 Å². The molecule has 0 radical (unpaired) electrons. The summed E-state index contributed by atoms with van der Waals surface area (Å²) in [7, 11) is -6.24. The molecule has 6 atom stereocenters. The van der Waals surface area contributed by atoms with Gasteiger partial charge in [0.1, 0.15) is 50.8 Å². The molecule has 0 aliphatic heterocycles. The zero-order chi connectivity index (χ0) is 65.6. The molecule has 2 aromatic rings. The Kier molecular flexibility index (Phi) is 27.0. The van der Waals surface area contributed by atoms with Gasteiger partial charge in [-0.05, 0) is 135 Å². The van der Waals surface area contributed by atoms with Crippen molar-refractivity contribution in [1.82, 2.24) is 25.4 Å². The first-order valence-corrected chi connectivity index (χ1v) is 33.1. The summed E-state index contributed by atoms with van der Waals surface area (Å²) in [5.74, 6) is -4.49. The lowest BCUT2D eigenvalue weighted by molar-refractivity contribution is -0.144. The number of amides is 7. The number of hydrogen-bond acceptors (Lipinski definition) is 19. The van der Waals surface area contributed by atoms with Crippen LogP contribution in [0.15, 0.2) is 83.6 Å². The Labute approximate surface area is 521 Å². The molecular formula is C61H88N8O18S2. The third-order valence-corrected chi connectivity index (χ3v) is 18.3. The monoisotopic (exact) mass is 1280 g/mol. The van der Waals surface area contributed by atoms with Gasteiger partial charge < -0.3 is 56.0 Å². The van der Waals surface area contributed by atoms with Crippen LogP contribution in [0, 0.1) is 11.8 Å². The number of para-hydroxylation sites is 2. The molecule has 0 saturated heterocycles. The van der Waals surface area contributed by atoms with Crippen LogP contribution in [0.4, 0.5) is 25.8 Å². The zero-order valence-corrected chi connectivity index (χ0v) is 53.1. The summed E-state index contributed by atoms with van der Waals surface area (Å²) in [4.78, 5) is 111. The topological polar surface area (TPSA) is 378 Å². The molecule has 28 heteroatoms. The summed E-state index contributed by atoms with van der Waals surface area (Å²) in [5.41, 5.74) is 2.32. The Hall–Kier alpha value is -7.59. The predicted molar refractivity (Wildman–Crippen MR) is 327 cm³/mol. The van der Waals surface area contributed by atoms with Crippen LogP contribution in [0.1, 0.15) is 162 Å². The molecule has 0 heterocycles. The standard InChI is InChI=1S/C33H48N4O10S.C28H40N4O8S/c1-6-22-21-33(22,36-31(42)47-32(2,3)4)29(40)37-48(43,44)26-19-14-13-17-24(26)34-27(38)20-10-8-7-9-18-25(28(39)45-5)35-30(41)46-23-15-11-12-16-23;1-3-19-18-28(19,29)26(35)32-41(37,38)23-16-11-10-14-21(23)30-24(33)17-7-5-4-6-15-22(25(34)39-2)31-27(36)40-20-12-8-9-13-20/h6,13-14,17,19,22-23,25H,1,7-12,15-16,18,20-21H2,2-5H3,(H,34,38)(H,35,41)(H,36,42)(H,37,40);3,10-11,14,16,19-20,22H,1,4-9,12-13,15,17-18,29H2,2H3,(H,30,33)(H,31,36)(H,32,35)/t22-,25+,33-;19-,22+,28-/m11/s1. The number of rotatable bonds is 31. The average Bonchev–Trinajstić information content (AvgIpc) is 1.61. The van der Waals surface area contributed by atoms with E-state index in [1.54, 1.807) is 32.9 Å². The number of sulfonamides is 2. The molecule has 2 aromatic carbocycles. The van der Waals surface area contributed by atoms with Crippen LogP contribution in [0.2, 0.25) is 0 Å². The number of carbonyl (C=O) groups excluding carboxylic acids is 9. The third kappa shape index (κ3) is 22.4. The second-order valence-corrected chi connectivity index (χ2v) is 27.0. The number of esters is 2. The lowest BCUT2D eigenvalue weighted by Crippen LogP contribution is -2.52. The minimum atomic E-state index is -4.46. The quantitative estimate of drug-likeness (QED) is 0.0158. The molecule has 26 nitrogen and oxygen atoms in total. The van der Waals surface area contributed by atoms with Crippen molar-refractivity contribution < 1.29 is 83.7 Å². The van der Waals surface area contributed by atoms with E-state index in [-0.39, 0.29) is 64.5 Å². The van der Waals surface area contributed by atoms with Crippen LogP contribution in [-0.4, -0.2) is 126 Å². The summed E-state index contributed by atoms with van der Waals surface area (Å²) in [5, 5.41) is 12.9. The summed E-state index contributed by atoms with van der Waals surface area (Å²) in [6.07, 6.45) is 14.2. The van der Waals surface area contributed by atoms with Crippen molar-refractivity contribution in [3.63, 3.8) is 0 Å². The van der Waals surface area contributed by atoms with Gasteiger partial charge in [0, 0.05) is 24.7 Å². The zero-order valence-electron chi connectivity index (χ0n) is 51.5. The van der Waals surface area contributed by atoms with E-state index in [4.69, 9.17) is 29.4 Å². The molecule has 7 amide bonds. The van der Waals surface area contributed by atoms with E-state index >= 15 is 0 Å². The number of unbranched alkanes of at least 4 members (excludes halogenated alkanes) is 6. The Bertz CT molecular complexity index is 3090. The van der Waals surface area contributed by atoms with Gasteiger partial charge >= 0.3 is 30.2 Å². The maximum atomic E-state index is 13.3. The molecule has 4 saturated carbocycles. The second-order valence-electron chi connectivity index (χ2n) is 23.7. The van der Waals surface area contributed by atoms with Gasteiger partial charge in [-0.1, -0.05) is 74.9 Å². The van der Waals surface area contributed by atoms with Crippen molar-refractivity contribution in [2.24, 2.45) is 17.6 Å². The van der Waals surface area contributed by atoms with Crippen molar-refractivity contribution in [2.45, 2.75) is 213 Å². The van der Waals surface area contributed by atoms with E-state index in [0.29, 0.717) is 70.6 Å². The molecule has 492 valence electrons. The highest BCUT2D eigenvalue weighted by atomic mass is 32.2. The van der Waals surface area contributed by atoms with Crippen LogP contribution in [0.3, 0.4) is 0 Å². The molecule has 4 fully saturated rings. The molecule has 89 heavy (non-hydrogen) atoms. The average molecular weight is 1290 g/mol. The van der Waals surface area contributed by atoms with Crippen molar-refractivity contribution >= 4 is 85.3 Å². The minimum absolute atomic E-state index is 0.00972. The smallest absolute Gasteiger partial charge is 0.408 e. The highest BCUT2D eigenvalue weighted by Gasteiger charge is 2.61. The minimum Gasteiger partial charge on any atom is -0.467 e. The third-order valence-electron chi connectivity index (χ3n) is 15.6. The van der Waals surface area contributed by atoms with Crippen LogP contribution in [0.25, 0.3) is 0 Å². The van der Waals surface area contributed by atoms with Crippen molar-refractivity contribution in [3.8, 4) is 0 Å². The molecule has 4 aliphatic carbocycles. The molecule has 4 aliphatic rings. The highest BCUT2D eigenvalue weighted by Crippen LogP contribution is 2.45. The number of methoxy groups -OCH3 is 2. The predicted octanol–water partition coefficient (Wildman–Crippen LogP) is 7.33. The van der Waals surface area contributed by atoms with Crippen LogP contribution < -0.4 is 41.8 Å². The van der Waals surface area contributed by atoms with Gasteiger partial charge in [-0.2, -0.15) is 0 Å². The highest BCUT2D eigenvalue weighted by molar-refractivity contribution is 7.90. The SMILES string of the molecule is C=C[C@@H]1C[C@]1(N)C(=O)NS(=O)(=O)c1ccccc1NC(=O)CCCCCC[C@H](NC(=O)OC1CCCC1)C(=O)OC.C=C[C@@H]1C[C@]1(NC(=O)OC(C)(C)C)C(=O)NS(=O)(=O)c1ccccc1NC(=O)CCCCCC[C@H](NC(=O)OC1CCCC1)C(=O)OC. The number of alkyl carbamates (subject to hydrolysis) is 3. The number of ether oxygens (including phenoxy) is 5. The summed E-state index contributed by atoms with van der Waals surface area (Å²) >= 11 is 0. The van der Waals surface area contributed by atoms with Crippen molar-refractivity contribution in [3.05, 3.63) is 73.8 Å². The number of carbonyl (C=O) groups is 9. The normalized spacial score (nSPS) is 20.2. The molecule has 9 N–H and O–H groups in total. The van der Waals surface area contributed by atoms with E-state index in [2.05, 4.69) is 39.7 Å². The van der Waals surface area contributed by atoms with Gasteiger partial charge in [0.25, 0.3) is 31.9 Å². The Morgan fingerprint density at radius 1 is 0.584 bits per heavy atom. The molecule has 0 unspecified atom stereocenters. The van der Waals surface area contributed by atoms with Crippen molar-refractivity contribution in [2.75, 3.05) is 24.9 Å². The lowest BCUT2D eigenvalue weighted by atomic mass is 10.1. The van der Waals surface area contributed by atoms with Crippen LogP contribution in [0.5, 0.6) is 0 Å². The van der Waals surface area contributed by atoms with Gasteiger partial charge in [0.05, 0.1) is 25.6 Å². The Morgan fingerprint density at radius 3 is 1.37 bits per heavy atom. The number of anilines is 2. The maximum absolute atomic E-state index is 13.3.